The van der Waals surface area contributed by atoms with Crippen molar-refractivity contribution in [2.45, 2.75) is 6.10 Å². The Morgan fingerprint density at radius 1 is 1.28 bits per heavy atom. The fourth-order valence-corrected chi connectivity index (χ4v) is 2.18. The zero-order valence-electron chi connectivity index (χ0n) is 9.60. The van der Waals surface area contributed by atoms with E-state index in [0.717, 1.165) is 10.7 Å². The molecule has 1 aromatic heterocycles. The van der Waals surface area contributed by atoms with Crippen molar-refractivity contribution < 1.29 is 14.2 Å². The van der Waals surface area contributed by atoms with Gasteiger partial charge < -0.3 is 9.84 Å². The molecule has 0 bridgehead atoms. The van der Waals surface area contributed by atoms with Crippen molar-refractivity contribution in [3.8, 4) is 5.75 Å². The number of halogens is 2. The van der Waals surface area contributed by atoms with E-state index < -0.39 is 11.9 Å². The van der Waals surface area contributed by atoms with Crippen LogP contribution in [0, 0.1) is 5.82 Å². The minimum absolute atomic E-state index is 0.409. The van der Waals surface area contributed by atoms with E-state index in [4.69, 9.17) is 4.74 Å². The lowest BCUT2D eigenvalue weighted by atomic mass is 10.0. The van der Waals surface area contributed by atoms with Gasteiger partial charge >= 0.3 is 0 Å². The predicted molar refractivity (Wildman–Crippen MR) is 69.0 cm³/mol. The summed E-state index contributed by atoms with van der Waals surface area (Å²) in [6.45, 7) is 0. The number of benzene rings is 1. The van der Waals surface area contributed by atoms with Crippen LogP contribution < -0.4 is 4.74 Å². The molecule has 2 rings (SSSR count). The Hall–Kier alpha value is -1.46. The van der Waals surface area contributed by atoms with Crippen LogP contribution in [-0.4, -0.2) is 17.2 Å². The molecule has 0 spiro atoms. The monoisotopic (exact) mass is 311 g/mol. The Labute approximate surface area is 112 Å². The average molecular weight is 312 g/mol. The van der Waals surface area contributed by atoms with Crippen LogP contribution in [0.4, 0.5) is 4.39 Å². The van der Waals surface area contributed by atoms with Crippen LogP contribution in [-0.2, 0) is 0 Å². The third kappa shape index (κ3) is 2.68. The molecular weight excluding hydrogens is 301 g/mol. The molecule has 0 aliphatic heterocycles. The average Bonchev–Trinajstić information content (AvgIpc) is 2.37. The van der Waals surface area contributed by atoms with Gasteiger partial charge in [-0.2, -0.15) is 0 Å². The van der Waals surface area contributed by atoms with Crippen molar-refractivity contribution in [1.29, 1.82) is 0 Å². The Kier molecular flexibility index (Phi) is 3.93. The van der Waals surface area contributed by atoms with Crippen molar-refractivity contribution in [1.82, 2.24) is 4.98 Å². The molecule has 1 atom stereocenters. The second-order valence-corrected chi connectivity index (χ2v) is 4.59. The number of methoxy groups -OCH3 is 1. The fourth-order valence-electron chi connectivity index (χ4n) is 1.62. The molecule has 0 amide bonds. The van der Waals surface area contributed by atoms with Gasteiger partial charge in [0.2, 0.25) is 0 Å². The number of aromatic nitrogens is 1. The molecule has 18 heavy (non-hydrogen) atoms. The van der Waals surface area contributed by atoms with Gasteiger partial charge in [-0.3, -0.25) is 4.98 Å². The molecular formula is C13H11BrFNO2. The lowest BCUT2D eigenvalue weighted by molar-refractivity contribution is 0.219. The van der Waals surface area contributed by atoms with Crippen LogP contribution in [0.1, 0.15) is 17.2 Å². The van der Waals surface area contributed by atoms with Crippen molar-refractivity contribution in [2.75, 3.05) is 7.11 Å². The molecule has 94 valence electrons. The summed E-state index contributed by atoms with van der Waals surface area (Å²) in [5, 5.41) is 10.1. The topological polar surface area (TPSA) is 42.4 Å². The first-order valence-corrected chi connectivity index (χ1v) is 6.03. The molecule has 2 aromatic rings. The van der Waals surface area contributed by atoms with Crippen molar-refractivity contribution >= 4 is 15.9 Å². The molecule has 1 heterocycles. The maximum Gasteiger partial charge on any atom is 0.141 e. The molecule has 0 aliphatic carbocycles. The Morgan fingerprint density at radius 3 is 2.67 bits per heavy atom. The fraction of sp³-hybridized carbons (Fsp3) is 0.154. The quantitative estimate of drug-likeness (QED) is 0.947. The summed E-state index contributed by atoms with van der Waals surface area (Å²) in [6.07, 6.45) is 1.61. The van der Waals surface area contributed by atoms with Gasteiger partial charge in [-0.15, -0.1) is 0 Å². The van der Waals surface area contributed by atoms with E-state index in [1.165, 1.54) is 12.3 Å². The van der Waals surface area contributed by atoms with Crippen LogP contribution in [0.5, 0.6) is 5.75 Å². The second kappa shape index (κ2) is 5.46. The SMILES string of the molecule is COc1ccc(C(O)c2cncc(F)c2)cc1Br. The van der Waals surface area contributed by atoms with E-state index in [0.29, 0.717) is 16.9 Å². The summed E-state index contributed by atoms with van der Waals surface area (Å²) in [5.74, 6) is 0.197. The standard InChI is InChI=1S/C13H11BrFNO2/c1-18-12-3-2-8(5-11(12)14)13(17)9-4-10(15)7-16-6-9/h2-7,13,17H,1H3. The molecule has 0 aliphatic rings. The molecule has 0 radical (unpaired) electrons. The Balaban J connectivity index is 2.34. The van der Waals surface area contributed by atoms with E-state index >= 15 is 0 Å². The van der Waals surface area contributed by atoms with Crippen molar-refractivity contribution in [2.24, 2.45) is 0 Å². The number of aliphatic hydroxyl groups is 1. The summed E-state index contributed by atoms with van der Waals surface area (Å²) < 4.78 is 18.9. The summed E-state index contributed by atoms with van der Waals surface area (Å²) in [7, 11) is 1.56. The van der Waals surface area contributed by atoms with Gasteiger partial charge in [-0.1, -0.05) is 6.07 Å². The van der Waals surface area contributed by atoms with Crippen molar-refractivity contribution in [3.63, 3.8) is 0 Å². The smallest absolute Gasteiger partial charge is 0.141 e. The number of pyridine rings is 1. The summed E-state index contributed by atoms with van der Waals surface area (Å²) in [6, 6.07) is 6.44. The minimum atomic E-state index is -0.921. The highest BCUT2D eigenvalue weighted by molar-refractivity contribution is 9.10. The summed E-state index contributed by atoms with van der Waals surface area (Å²) in [5.41, 5.74) is 1.04. The number of nitrogens with zero attached hydrogens (tertiary/aromatic N) is 1. The van der Waals surface area contributed by atoms with Gasteiger partial charge in [0.15, 0.2) is 0 Å². The number of rotatable bonds is 3. The lowest BCUT2D eigenvalue weighted by Crippen LogP contribution is -2.01. The molecule has 0 fully saturated rings. The first kappa shape index (κ1) is 13.0. The maximum absolute atomic E-state index is 13.0. The maximum atomic E-state index is 13.0. The van der Waals surface area contributed by atoms with Gasteiger partial charge in [0, 0.05) is 11.8 Å². The van der Waals surface area contributed by atoms with Crippen LogP contribution >= 0.6 is 15.9 Å². The van der Waals surface area contributed by atoms with E-state index in [1.807, 2.05) is 0 Å². The first-order valence-electron chi connectivity index (χ1n) is 5.24. The van der Waals surface area contributed by atoms with E-state index in [1.54, 1.807) is 25.3 Å². The van der Waals surface area contributed by atoms with Crippen molar-refractivity contribution in [3.05, 3.63) is 58.1 Å². The van der Waals surface area contributed by atoms with Gasteiger partial charge in [-0.05, 0) is 39.7 Å². The van der Waals surface area contributed by atoms with Crippen LogP contribution in [0.2, 0.25) is 0 Å². The molecule has 1 N–H and O–H groups in total. The molecule has 3 nitrogen and oxygen atoms in total. The van der Waals surface area contributed by atoms with Gasteiger partial charge in [-0.25, -0.2) is 4.39 Å². The zero-order valence-corrected chi connectivity index (χ0v) is 11.2. The highest BCUT2D eigenvalue weighted by Crippen LogP contribution is 2.30. The van der Waals surface area contributed by atoms with E-state index in [-0.39, 0.29) is 0 Å². The first-order chi connectivity index (χ1) is 8.61. The largest absolute Gasteiger partial charge is 0.496 e. The predicted octanol–water partition coefficient (Wildman–Crippen LogP) is 3.07. The number of ether oxygens (including phenoxy) is 1. The molecule has 0 saturated heterocycles. The Morgan fingerprint density at radius 2 is 2.06 bits per heavy atom. The third-order valence-corrected chi connectivity index (χ3v) is 3.15. The number of hydrogen-bond acceptors (Lipinski definition) is 3. The third-order valence-electron chi connectivity index (χ3n) is 2.53. The van der Waals surface area contributed by atoms with Crippen LogP contribution in [0.15, 0.2) is 41.1 Å². The van der Waals surface area contributed by atoms with Crippen LogP contribution in [0.25, 0.3) is 0 Å². The molecule has 5 heteroatoms. The van der Waals surface area contributed by atoms with E-state index in [2.05, 4.69) is 20.9 Å². The summed E-state index contributed by atoms with van der Waals surface area (Å²) in [4.78, 5) is 3.72. The number of aliphatic hydroxyl groups excluding tert-OH is 1. The highest BCUT2D eigenvalue weighted by atomic mass is 79.9. The molecule has 1 aromatic carbocycles. The zero-order chi connectivity index (χ0) is 13.1. The molecule has 1 unspecified atom stereocenters. The Bertz CT molecular complexity index is 562. The van der Waals surface area contributed by atoms with Gasteiger partial charge in [0.05, 0.1) is 17.8 Å². The van der Waals surface area contributed by atoms with Gasteiger partial charge in [0.25, 0.3) is 0 Å². The lowest BCUT2D eigenvalue weighted by Gasteiger charge is -2.12. The normalized spacial score (nSPS) is 12.2. The minimum Gasteiger partial charge on any atom is -0.496 e. The summed E-state index contributed by atoms with van der Waals surface area (Å²) >= 11 is 3.34. The van der Waals surface area contributed by atoms with E-state index in [9.17, 15) is 9.50 Å². The van der Waals surface area contributed by atoms with Crippen LogP contribution in [0.3, 0.4) is 0 Å². The second-order valence-electron chi connectivity index (χ2n) is 3.73. The molecule has 0 saturated carbocycles. The highest BCUT2D eigenvalue weighted by Gasteiger charge is 2.13. The van der Waals surface area contributed by atoms with Gasteiger partial charge in [0.1, 0.15) is 17.7 Å². The number of hydrogen-bond donors (Lipinski definition) is 1.